The number of nitrogens with zero attached hydrogens (tertiary/aromatic N) is 2. The Labute approximate surface area is 83.8 Å². The van der Waals surface area contributed by atoms with Gasteiger partial charge in [0.05, 0.1) is 6.54 Å². The van der Waals surface area contributed by atoms with Gasteiger partial charge in [0.15, 0.2) is 5.82 Å². The summed E-state index contributed by atoms with van der Waals surface area (Å²) in [5.74, 6) is 1.23. The van der Waals surface area contributed by atoms with Crippen molar-refractivity contribution in [2.45, 2.75) is 33.4 Å². The number of ether oxygens (including phenoxy) is 1. The van der Waals surface area contributed by atoms with Crippen LogP contribution in [-0.4, -0.2) is 23.3 Å². The molecule has 1 N–H and O–H groups in total. The van der Waals surface area contributed by atoms with Crippen molar-refractivity contribution in [3.63, 3.8) is 0 Å². The molecule has 0 unspecified atom stereocenters. The molecule has 14 heavy (non-hydrogen) atoms. The van der Waals surface area contributed by atoms with Crippen LogP contribution in [0.3, 0.4) is 0 Å². The average molecular weight is 199 g/mol. The molecule has 5 nitrogen and oxygen atoms in total. The van der Waals surface area contributed by atoms with Gasteiger partial charge in [-0.15, -0.1) is 0 Å². The molecule has 0 aliphatic rings. The molecule has 1 aromatic heterocycles. The topological polar surface area (TPSA) is 60.2 Å². The van der Waals surface area contributed by atoms with Gasteiger partial charge in [-0.25, -0.2) is 0 Å². The van der Waals surface area contributed by atoms with Crippen LogP contribution < -0.4 is 5.32 Å². The first kappa shape index (κ1) is 11.1. The summed E-state index contributed by atoms with van der Waals surface area (Å²) in [7, 11) is 0. The van der Waals surface area contributed by atoms with Gasteiger partial charge >= 0.3 is 0 Å². The number of nitrogens with one attached hydrogen (secondary N) is 1. The van der Waals surface area contributed by atoms with E-state index in [0.29, 0.717) is 24.9 Å². The second-order valence-corrected chi connectivity index (χ2v) is 2.94. The fourth-order valence-electron chi connectivity index (χ4n) is 0.960. The Balaban J connectivity index is 2.27. The molecule has 0 bridgehead atoms. The highest BCUT2D eigenvalue weighted by Crippen LogP contribution is 1.98. The Hall–Kier alpha value is -0.940. The highest BCUT2D eigenvalue weighted by molar-refractivity contribution is 4.83. The highest BCUT2D eigenvalue weighted by atomic mass is 16.5. The summed E-state index contributed by atoms with van der Waals surface area (Å²) in [5, 5.41) is 6.90. The van der Waals surface area contributed by atoms with Crippen molar-refractivity contribution in [1.82, 2.24) is 15.5 Å². The van der Waals surface area contributed by atoms with Crippen molar-refractivity contribution in [3.8, 4) is 0 Å². The first-order valence-electron chi connectivity index (χ1n) is 4.96. The SMILES string of the molecule is CCCOCc1noc(CNCC)n1. The zero-order valence-corrected chi connectivity index (χ0v) is 8.75. The minimum Gasteiger partial charge on any atom is -0.373 e. The molecule has 0 amide bonds. The lowest BCUT2D eigenvalue weighted by Gasteiger charge is -1.95. The van der Waals surface area contributed by atoms with E-state index >= 15 is 0 Å². The lowest BCUT2D eigenvalue weighted by molar-refractivity contribution is 0.114. The van der Waals surface area contributed by atoms with Gasteiger partial charge in [0.1, 0.15) is 6.61 Å². The number of hydrogen-bond donors (Lipinski definition) is 1. The highest BCUT2D eigenvalue weighted by Gasteiger charge is 2.04. The van der Waals surface area contributed by atoms with Crippen LogP contribution in [0.2, 0.25) is 0 Å². The van der Waals surface area contributed by atoms with E-state index in [0.717, 1.165) is 19.6 Å². The molecule has 5 heteroatoms. The van der Waals surface area contributed by atoms with Gasteiger partial charge in [0, 0.05) is 6.61 Å². The molecule has 0 saturated carbocycles. The van der Waals surface area contributed by atoms with Crippen LogP contribution in [-0.2, 0) is 17.9 Å². The Morgan fingerprint density at radius 3 is 3.00 bits per heavy atom. The maximum atomic E-state index is 5.28. The van der Waals surface area contributed by atoms with Gasteiger partial charge in [0.25, 0.3) is 0 Å². The van der Waals surface area contributed by atoms with Gasteiger partial charge < -0.3 is 14.6 Å². The Morgan fingerprint density at radius 1 is 1.43 bits per heavy atom. The summed E-state index contributed by atoms with van der Waals surface area (Å²) >= 11 is 0. The minimum atomic E-state index is 0.434. The first-order chi connectivity index (χ1) is 6.86. The molecule has 0 saturated heterocycles. The molecule has 1 heterocycles. The third-order valence-electron chi connectivity index (χ3n) is 1.62. The normalized spacial score (nSPS) is 10.7. The first-order valence-corrected chi connectivity index (χ1v) is 4.96. The Morgan fingerprint density at radius 2 is 2.29 bits per heavy atom. The zero-order valence-electron chi connectivity index (χ0n) is 8.75. The van der Waals surface area contributed by atoms with Crippen molar-refractivity contribution in [3.05, 3.63) is 11.7 Å². The standard InChI is InChI=1S/C9H17N3O2/c1-3-5-13-7-8-11-9(14-12-8)6-10-4-2/h10H,3-7H2,1-2H3. The predicted octanol–water partition coefficient (Wildman–Crippen LogP) is 1.11. The molecular weight excluding hydrogens is 182 g/mol. The monoisotopic (exact) mass is 199 g/mol. The van der Waals surface area contributed by atoms with Crippen molar-refractivity contribution in [1.29, 1.82) is 0 Å². The van der Waals surface area contributed by atoms with Crippen LogP contribution in [0.25, 0.3) is 0 Å². The van der Waals surface area contributed by atoms with Crippen molar-refractivity contribution >= 4 is 0 Å². The molecular formula is C9H17N3O2. The second kappa shape index (κ2) is 6.50. The zero-order chi connectivity index (χ0) is 10.2. The van der Waals surface area contributed by atoms with Crippen LogP contribution in [0, 0.1) is 0 Å². The minimum absolute atomic E-state index is 0.434. The van der Waals surface area contributed by atoms with Gasteiger partial charge in [-0.3, -0.25) is 0 Å². The van der Waals surface area contributed by atoms with Crippen molar-refractivity contribution in [2.24, 2.45) is 0 Å². The van der Waals surface area contributed by atoms with Gasteiger partial charge in [0.2, 0.25) is 5.89 Å². The molecule has 0 aliphatic carbocycles. The molecule has 0 fully saturated rings. The van der Waals surface area contributed by atoms with E-state index in [2.05, 4.69) is 22.4 Å². The van der Waals surface area contributed by atoms with Crippen LogP contribution >= 0.6 is 0 Å². The van der Waals surface area contributed by atoms with Crippen LogP contribution in [0.15, 0.2) is 4.52 Å². The van der Waals surface area contributed by atoms with Crippen molar-refractivity contribution in [2.75, 3.05) is 13.2 Å². The fraction of sp³-hybridized carbons (Fsp3) is 0.778. The summed E-state index contributed by atoms with van der Waals surface area (Å²) in [5.41, 5.74) is 0. The predicted molar refractivity (Wildman–Crippen MR) is 51.6 cm³/mol. The van der Waals surface area contributed by atoms with E-state index in [-0.39, 0.29) is 0 Å². The van der Waals surface area contributed by atoms with E-state index < -0.39 is 0 Å². The maximum Gasteiger partial charge on any atom is 0.240 e. The molecule has 0 spiro atoms. The fourth-order valence-corrected chi connectivity index (χ4v) is 0.960. The number of hydrogen-bond acceptors (Lipinski definition) is 5. The summed E-state index contributed by atoms with van der Waals surface area (Å²) in [6.07, 6.45) is 1.00. The lowest BCUT2D eigenvalue weighted by atomic mass is 10.5. The van der Waals surface area contributed by atoms with Crippen LogP contribution in [0.5, 0.6) is 0 Å². The molecule has 0 aliphatic heterocycles. The Bertz CT molecular complexity index is 250. The Kier molecular flexibility index (Phi) is 5.17. The van der Waals surface area contributed by atoms with E-state index in [4.69, 9.17) is 9.26 Å². The maximum absolute atomic E-state index is 5.28. The molecule has 80 valence electrons. The summed E-state index contributed by atoms with van der Waals surface area (Å²) in [4.78, 5) is 4.15. The molecule has 1 rings (SSSR count). The quantitative estimate of drug-likeness (QED) is 0.666. The number of aromatic nitrogens is 2. The summed E-state index contributed by atoms with van der Waals surface area (Å²) < 4.78 is 10.3. The van der Waals surface area contributed by atoms with Gasteiger partial charge in [-0.05, 0) is 13.0 Å². The van der Waals surface area contributed by atoms with Crippen LogP contribution in [0.4, 0.5) is 0 Å². The number of rotatable bonds is 7. The van der Waals surface area contributed by atoms with Gasteiger partial charge in [-0.2, -0.15) is 4.98 Å². The van der Waals surface area contributed by atoms with Crippen molar-refractivity contribution < 1.29 is 9.26 Å². The average Bonchev–Trinajstić information content (AvgIpc) is 2.63. The van der Waals surface area contributed by atoms with E-state index in [1.165, 1.54) is 0 Å². The summed E-state index contributed by atoms with van der Waals surface area (Å²) in [6.45, 7) is 6.77. The van der Waals surface area contributed by atoms with E-state index in [9.17, 15) is 0 Å². The van der Waals surface area contributed by atoms with E-state index in [1.807, 2.05) is 6.92 Å². The van der Waals surface area contributed by atoms with Gasteiger partial charge in [-0.1, -0.05) is 19.0 Å². The second-order valence-electron chi connectivity index (χ2n) is 2.94. The third kappa shape index (κ3) is 3.85. The van der Waals surface area contributed by atoms with E-state index in [1.54, 1.807) is 0 Å². The molecule has 0 atom stereocenters. The summed E-state index contributed by atoms with van der Waals surface area (Å²) in [6, 6.07) is 0. The lowest BCUT2D eigenvalue weighted by Crippen LogP contribution is -2.11. The molecule has 1 aromatic rings. The molecule has 0 aromatic carbocycles. The molecule has 0 radical (unpaired) electrons. The smallest absolute Gasteiger partial charge is 0.240 e. The largest absolute Gasteiger partial charge is 0.373 e. The van der Waals surface area contributed by atoms with Crippen LogP contribution in [0.1, 0.15) is 32.0 Å². The third-order valence-corrected chi connectivity index (χ3v) is 1.62.